The Morgan fingerprint density at radius 2 is 1.65 bits per heavy atom. The number of rotatable bonds is 3. The summed E-state index contributed by atoms with van der Waals surface area (Å²) in [5, 5.41) is 9.43. The minimum absolute atomic E-state index is 0.132. The molecule has 0 saturated carbocycles. The summed E-state index contributed by atoms with van der Waals surface area (Å²) in [7, 11) is 0. The highest BCUT2D eigenvalue weighted by atomic mass is 35.5. The number of aliphatic hydroxyl groups is 1. The standard InChI is InChI=1S/C14H9ClF4O/c15-10-6-12(18)9(5-13(10)19)14(20)4-7-3-8(16)1-2-11(7)17/h1-3,5-6,14,20H,4H2. The molecule has 6 heteroatoms. The fourth-order valence-electron chi connectivity index (χ4n) is 1.81. The first-order valence-electron chi connectivity index (χ1n) is 5.65. The molecule has 0 amide bonds. The van der Waals surface area contributed by atoms with Crippen LogP contribution in [0.4, 0.5) is 17.6 Å². The van der Waals surface area contributed by atoms with Crippen molar-refractivity contribution in [1.82, 2.24) is 0 Å². The van der Waals surface area contributed by atoms with Gasteiger partial charge in [0.05, 0.1) is 11.1 Å². The zero-order chi connectivity index (χ0) is 14.9. The van der Waals surface area contributed by atoms with Crippen LogP contribution in [-0.2, 0) is 6.42 Å². The van der Waals surface area contributed by atoms with Gasteiger partial charge in [0, 0.05) is 12.0 Å². The summed E-state index contributed by atoms with van der Waals surface area (Å²) < 4.78 is 53.3. The Bertz CT molecular complexity index is 645. The summed E-state index contributed by atoms with van der Waals surface area (Å²) in [5.74, 6) is -3.24. The Hall–Kier alpha value is -1.59. The Labute approximate surface area is 117 Å². The van der Waals surface area contributed by atoms with Crippen molar-refractivity contribution >= 4 is 11.6 Å². The predicted octanol–water partition coefficient (Wildman–Crippen LogP) is 4.17. The average molecular weight is 305 g/mol. The Morgan fingerprint density at radius 1 is 0.950 bits per heavy atom. The molecule has 0 aromatic heterocycles. The summed E-state index contributed by atoms with van der Waals surface area (Å²) in [6.07, 6.45) is -1.90. The second kappa shape index (κ2) is 5.81. The second-order valence-electron chi connectivity index (χ2n) is 4.24. The smallest absolute Gasteiger partial charge is 0.142 e. The van der Waals surface area contributed by atoms with Gasteiger partial charge in [-0.15, -0.1) is 0 Å². The third kappa shape index (κ3) is 3.11. The highest BCUT2D eigenvalue weighted by Gasteiger charge is 2.18. The number of hydrogen-bond acceptors (Lipinski definition) is 1. The highest BCUT2D eigenvalue weighted by Crippen LogP contribution is 2.27. The Morgan fingerprint density at radius 3 is 2.35 bits per heavy atom. The van der Waals surface area contributed by atoms with Gasteiger partial charge in [-0.05, 0) is 35.9 Å². The van der Waals surface area contributed by atoms with E-state index < -0.39 is 34.4 Å². The highest BCUT2D eigenvalue weighted by molar-refractivity contribution is 6.30. The molecule has 0 aliphatic heterocycles. The van der Waals surface area contributed by atoms with Crippen LogP contribution in [0.1, 0.15) is 17.2 Å². The van der Waals surface area contributed by atoms with E-state index in [1.165, 1.54) is 0 Å². The van der Waals surface area contributed by atoms with Crippen LogP contribution in [0.3, 0.4) is 0 Å². The summed E-state index contributed by atoms with van der Waals surface area (Å²) in [6.45, 7) is 0. The van der Waals surface area contributed by atoms with Crippen molar-refractivity contribution in [1.29, 1.82) is 0 Å². The van der Waals surface area contributed by atoms with E-state index in [9.17, 15) is 22.7 Å². The Balaban J connectivity index is 2.30. The van der Waals surface area contributed by atoms with Crippen molar-refractivity contribution < 1.29 is 22.7 Å². The van der Waals surface area contributed by atoms with Crippen LogP contribution in [-0.4, -0.2) is 5.11 Å². The van der Waals surface area contributed by atoms with Crippen LogP contribution in [0.15, 0.2) is 30.3 Å². The van der Waals surface area contributed by atoms with Crippen molar-refractivity contribution in [3.8, 4) is 0 Å². The summed E-state index contributed by atoms with van der Waals surface area (Å²) in [4.78, 5) is 0. The van der Waals surface area contributed by atoms with Crippen molar-refractivity contribution in [3.63, 3.8) is 0 Å². The normalized spacial score (nSPS) is 12.5. The van der Waals surface area contributed by atoms with Crippen LogP contribution in [0.25, 0.3) is 0 Å². The zero-order valence-electron chi connectivity index (χ0n) is 10.0. The third-order valence-corrected chi connectivity index (χ3v) is 3.11. The summed E-state index contributed by atoms with van der Waals surface area (Å²) >= 11 is 5.39. The summed E-state index contributed by atoms with van der Waals surface area (Å²) in [5.41, 5.74) is -0.497. The lowest BCUT2D eigenvalue weighted by Gasteiger charge is -2.13. The molecule has 20 heavy (non-hydrogen) atoms. The molecule has 0 aliphatic rings. The number of benzene rings is 2. The molecule has 0 spiro atoms. The second-order valence-corrected chi connectivity index (χ2v) is 4.65. The molecular formula is C14H9ClF4O. The van der Waals surface area contributed by atoms with E-state index >= 15 is 0 Å². The van der Waals surface area contributed by atoms with E-state index in [1.807, 2.05) is 0 Å². The van der Waals surface area contributed by atoms with Gasteiger partial charge in [0.25, 0.3) is 0 Å². The van der Waals surface area contributed by atoms with Gasteiger partial charge in [-0.3, -0.25) is 0 Å². The molecule has 2 aromatic carbocycles. The summed E-state index contributed by atoms with van der Waals surface area (Å²) in [6, 6.07) is 4.17. The maximum atomic E-state index is 13.6. The van der Waals surface area contributed by atoms with Crippen molar-refractivity contribution in [2.45, 2.75) is 12.5 Å². The average Bonchev–Trinajstić information content (AvgIpc) is 2.38. The van der Waals surface area contributed by atoms with Gasteiger partial charge in [0.15, 0.2) is 0 Å². The first kappa shape index (κ1) is 14.8. The van der Waals surface area contributed by atoms with Crippen LogP contribution in [0.2, 0.25) is 5.02 Å². The molecule has 2 aromatic rings. The van der Waals surface area contributed by atoms with Crippen LogP contribution in [0, 0.1) is 23.3 Å². The van der Waals surface area contributed by atoms with Gasteiger partial charge in [-0.25, -0.2) is 17.6 Å². The van der Waals surface area contributed by atoms with E-state index in [1.54, 1.807) is 0 Å². The first-order chi connectivity index (χ1) is 9.38. The molecule has 1 nitrogen and oxygen atoms in total. The molecule has 1 N–H and O–H groups in total. The number of aliphatic hydroxyl groups excluding tert-OH is 1. The lowest BCUT2D eigenvalue weighted by atomic mass is 10.0. The molecule has 0 saturated heterocycles. The van der Waals surface area contributed by atoms with Crippen molar-refractivity contribution in [2.24, 2.45) is 0 Å². The van der Waals surface area contributed by atoms with Gasteiger partial charge in [-0.1, -0.05) is 11.6 Å². The first-order valence-corrected chi connectivity index (χ1v) is 6.02. The molecule has 0 aliphatic carbocycles. The maximum absolute atomic E-state index is 13.6. The molecule has 0 heterocycles. The van der Waals surface area contributed by atoms with Gasteiger partial charge in [-0.2, -0.15) is 0 Å². The number of hydrogen-bond donors (Lipinski definition) is 1. The largest absolute Gasteiger partial charge is 0.388 e. The van der Waals surface area contributed by atoms with Crippen LogP contribution >= 0.6 is 11.6 Å². The molecular weight excluding hydrogens is 296 g/mol. The van der Waals surface area contributed by atoms with Gasteiger partial charge >= 0.3 is 0 Å². The zero-order valence-corrected chi connectivity index (χ0v) is 10.8. The van der Waals surface area contributed by atoms with E-state index in [4.69, 9.17) is 11.6 Å². The fraction of sp³-hybridized carbons (Fsp3) is 0.143. The Kier molecular flexibility index (Phi) is 4.30. The quantitative estimate of drug-likeness (QED) is 0.666. The molecule has 1 unspecified atom stereocenters. The number of halogens is 5. The fourth-order valence-corrected chi connectivity index (χ4v) is 1.96. The molecule has 0 radical (unpaired) electrons. The monoisotopic (exact) mass is 304 g/mol. The topological polar surface area (TPSA) is 20.2 Å². The van der Waals surface area contributed by atoms with E-state index in [0.29, 0.717) is 0 Å². The maximum Gasteiger partial charge on any atom is 0.142 e. The molecule has 106 valence electrons. The van der Waals surface area contributed by atoms with E-state index in [0.717, 1.165) is 30.3 Å². The van der Waals surface area contributed by atoms with Gasteiger partial charge in [0.2, 0.25) is 0 Å². The SMILES string of the molecule is OC(Cc1cc(F)ccc1F)c1cc(F)c(Cl)cc1F. The van der Waals surface area contributed by atoms with E-state index in [2.05, 4.69) is 0 Å². The minimum atomic E-state index is -1.52. The van der Waals surface area contributed by atoms with Crippen molar-refractivity contribution in [3.05, 3.63) is 69.8 Å². The van der Waals surface area contributed by atoms with Crippen molar-refractivity contribution in [2.75, 3.05) is 0 Å². The molecule has 2 rings (SSSR count). The minimum Gasteiger partial charge on any atom is -0.388 e. The lowest BCUT2D eigenvalue weighted by Crippen LogP contribution is -2.07. The van der Waals surface area contributed by atoms with Crippen LogP contribution in [0.5, 0.6) is 0 Å². The van der Waals surface area contributed by atoms with Crippen LogP contribution < -0.4 is 0 Å². The molecule has 0 fully saturated rings. The predicted molar refractivity (Wildman–Crippen MR) is 66.4 cm³/mol. The third-order valence-electron chi connectivity index (χ3n) is 2.82. The molecule has 0 bridgehead atoms. The van der Waals surface area contributed by atoms with Gasteiger partial charge in [0.1, 0.15) is 23.3 Å². The lowest BCUT2D eigenvalue weighted by molar-refractivity contribution is 0.171. The molecule has 1 atom stereocenters. The van der Waals surface area contributed by atoms with Gasteiger partial charge < -0.3 is 5.11 Å². The van der Waals surface area contributed by atoms with E-state index in [-0.39, 0.29) is 17.5 Å².